The highest BCUT2D eigenvalue weighted by Crippen LogP contribution is 2.33. The number of urea groups is 1. The van der Waals surface area contributed by atoms with Gasteiger partial charge in [0, 0.05) is 10.2 Å². The lowest BCUT2D eigenvalue weighted by molar-refractivity contribution is -0.147. The van der Waals surface area contributed by atoms with Gasteiger partial charge in [0.15, 0.2) is 0 Å². The Labute approximate surface area is 164 Å². The lowest BCUT2D eigenvalue weighted by Gasteiger charge is -2.23. The quantitative estimate of drug-likeness (QED) is 0.742. The zero-order valence-corrected chi connectivity index (χ0v) is 16.3. The summed E-state index contributed by atoms with van der Waals surface area (Å²) in [7, 11) is 1.30. The van der Waals surface area contributed by atoms with Gasteiger partial charge in [-0.3, -0.25) is 4.79 Å². The molecule has 0 aliphatic carbocycles. The van der Waals surface area contributed by atoms with E-state index in [1.165, 1.54) is 36.4 Å². The van der Waals surface area contributed by atoms with Gasteiger partial charge in [-0.25, -0.2) is 14.2 Å². The predicted octanol–water partition coefficient (Wildman–Crippen LogP) is 4.02. The summed E-state index contributed by atoms with van der Waals surface area (Å²) in [6.07, 6.45) is 0. The third kappa shape index (κ3) is 3.85. The summed E-state index contributed by atoms with van der Waals surface area (Å²) < 4.78 is 18.8. The number of ether oxygens (including phenoxy) is 1. The molecule has 0 bridgehead atoms. The molecule has 0 aromatic heterocycles. The van der Waals surface area contributed by atoms with Gasteiger partial charge in [0.2, 0.25) is 0 Å². The minimum absolute atomic E-state index is 0.0259. The van der Waals surface area contributed by atoms with Crippen molar-refractivity contribution in [2.24, 2.45) is 10.5 Å². The average Bonchev–Trinajstić information content (AvgIpc) is 3.02. The van der Waals surface area contributed by atoms with E-state index in [0.717, 1.165) is 4.47 Å². The third-order valence-electron chi connectivity index (χ3n) is 4.29. The molecule has 1 unspecified atom stereocenters. The molecule has 6 nitrogen and oxygen atoms in total. The molecule has 1 atom stereocenters. The number of benzene rings is 2. The van der Waals surface area contributed by atoms with Gasteiger partial charge in [-0.05, 0) is 48.9 Å². The van der Waals surface area contributed by atoms with Crippen LogP contribution in [0.15, 0.2) is 58.1 Å². The second-order valence-electron chi connectivity index (χ2n) is 6.27. The van der Waals surface area contributed by atoms with E-state index in [2.05, 4.69) is 26.3 Å². The van der Waals surface area contributed by atoms with Gasteiger partial charge in [0.25, 0.3) is 0 Å². The van der Waals surface area contributed by atoms with Crippen molar-refractivity contribution >= 4 is 39.3 Å². The number of halogens is 2. The fourth-order valence-corrected chi connectivity index (χ4v) is 3.11. The maximum atomic E-state index is 13.0. The minimum Gasteiger partial charge on any atom is -0.468 e. The van der Waals surface area contributed by atoms with Crippen molar-refractivity contribution in [3.05, 3.63) is 64.4 Å². The normalized spacial score (nSPS) is 18.8. The molecule has 3 rings (SSSR count). The first kappa shape index (κ1) is 19.0. The number of anilines is 1. The number of carbonyl (C=O) groups excluding carboxylic acids is 2. The van der Waals surface area contributed by atoms with Crippen molar-refractivity contribution in [3.8, 4) is 0 Å². The van der Waals surface area contributed by atoms with Gasteiger partial charge in [0.05, 0.1) is 19.4 Å². The lowest BCUT2D eigenvalue weighted by Crippen LogP contribution is -2.42. The molecular formula is C19H17BrFN3O3. The van der Waals surface area contributed by atoms with Gasteiger partial charge in [-0.15, -0.1) is 0 Å². The summed E-state index contributed by atoms with van der Waals surface area (Å²) in [4.78, 5) is 25.0. The van der Waals surface area contributed by atoms with Crippen molar-refractivity contribution in [2.45, 2.75) is 6.92 Å². The number of carbonyl (C=O) groups is 2. The Morgan fingerprint density at radius 3 is 2.41 bits per heavy atom. The Balaban J connectivity index is 1.90. The third-order valence-corrected chi connectivity index (χ3v) is 4.82. The summed E-state index contributed by atoms with van der Waals surface area (Å²) in [5.41, 5.74) is 0.468. The molecule has 140 valence electrons. The van der Waals surface area contributed by atoms with Gasteiger partial charge in [-0.1, -0.05) is 28.1 Å². The number of esters is 1. The number of hydrogen-bond donors (Lipinski definition) is 1. The molecule has 0 saturated carbocycles. The molecule has 0 saturated heterocycles. The van der Waals surface area contributed by atoms with E-state index in [9.17, 15) is 14.0 Å². The number of nitrogens with one attached hydrogen (secondary N) is 1. The maximum Gasteiger partial charge on any atom is 0.342 e. The van der Waals surface area contributed by atoms with E-state index in [4.69, 9.17) is 4.74 Å². The molecule has 1 heterocycles. The van der Waals surface area contributed by atoms with Crippen LogP contribution in [0.2, 0.25) is 0 Å². The summed E-state index contributed by atoms with van der Waals surface area (Å²) >= 11 is 3.37. The Morgan fingerprint density at radius 2 is 1.81 bits per heavy atom. The fraction of sp³-hybridized carbons (Fsp3) is 0.211. The first-order valence-corrected chi connectivity index (χ1v) is 8.90. The molecule has 27 heavy (non-hydrogen) atoms. The van der Waals surface area contributed by atoms with Crippen LogP contribution in [-0.2, 0) is 9.53 Å². The Hall–Kier alpha value is -2.74. The molecule has 0 radical (unpaired) electrons. The van der Waals surface area contributed by atoms with Crippen LogP contribution in [0.3, 0.4) is 0 Å². The zero-order valence-electron chi connectivity index (χ0n) is 14.7. The monoisotopic (exact) mass is 433 g/mol. The average molecular weight is 434 g/mol. The first-order valence-electron chi connectivity index (χ1n) is 8.11. The number of hydrogen-bond acceptors (Lipinski definition) is 4. The molecular weight excluding hydrogens is 417 g/mol. The van der Waals surface area contributed by atoms with Crippen molar-refractivity contribution in [1.82, 2.24) is 5.01 Å². The summed E-state index contributed by atoms with van der Waals surface area (Å²) in [6.45, 7) is 1.71. The van der Waals surface area contributed by atoms with Crippen LogP contribution >= 0.6 is 15.9 Å². The highest BCUT2D eigenvalue weighted by molar-refractivity contribution is 9.10. The molecule has 2 aromatic rings. The Kier molecular flexibility index (Phi) is 5.27. The van der Waals surface area contributed by atoms with E-state index >= 15 is 0 Å². The molecule has 2 aromatic carbocycles. The minimum atomic E-state index is -1.11. The van der Waals surface area contributed by atoms with E-state index in [-0.39, 0.29) is 6.54 Å². The molecule has 1 aliphatic heterocycles. The summed E-state index contributed by atoms with van der Waals surface area (Å²) in [6, 6.07) is 12.1. The number of hydrazone groups is 1. The standard InChI is InChI=1S/C19H17BrFN3O3/c1-19(17(25)27-2)11-24(18(26)22-15-9-7-14(21)8-10-15)23-16(19)12-3-5-13(20)6-4-12/h3-10H,11H2,1-2H3,(H,22,26). The fourth-order valence-electron chi connectivity index (χ4n) is 2.85. The molecule has 2 amide bonds. The van der Waals surface area contributed by atoms with Crippen LogP contribution in [0.5, 0.6) is 0 Å². The van der Waals surface area contributed by atoms with Crippen LogP contribution in [0.4, 0.5) is 14.9 Å². The number of amides is 2. The van der Waals surface area contributed by atoms with Crippen LogP contribution in [0.1, 0.15) is 12.5 Å². The second kappa shape index (κ2) is 7.48. The molecule has 0 spiro atoms. The smallest absolute Gasteiger partial charge is 0.342 e. The maximum absolute atomic E-state index is 13.0. The van der Waals surface area contributed by atoms with E-state index < -0.39 is 23.2 Å². The Bertz CT molecular complexity index is 899. The Morgan fingerprint density at radius 1 is 1.19 bits per heavy atom. The predicted molar refractivity (Wildman–Crippen MR) is 103 cm³/mol. The molecule has 1 aliphatic rings. The number of methoxy groups -OCH3 is 1. The van der Waals surface area contributed by atoms with Crippen molar-refractivity contribution in [2.75, 3.05) is 19.0 Å². The lowest BCUT2D eigenvalue weighted by atomic mass is 9.82. The first-order chi connectivity index (χ1) is 12.8. The molecule has 8 heteroatoms. The van der Waals surface area contributed by atoms with E-state index in [1.54, 1.807) is 6.92 Å². The highest BCUT2D eigenvalue weighted by Gasteiger charge is 2.48. The largest absolute Gasteiger partial charge is 0.468 e. The molecule has 0 fully saturated rings. The van der Waals surface area contributed by atoms with E-state index in [1.807, 2.05) is 24.3 Å². The van der Waals surface area contributed by atoms with Gasteiger partial charge >= 0.3 is 12.0 Å². The van der Waals surface area contributed by atoms with Gasteiger partial charge in [0.1, 0.15) is 11.2 Å². The topological polar surface area (TPSA) is 71.0 Å². The zero-order chi connectivity index (χ0) is 19.6. The van der Waals surface area contributed by atoms with Crippen LogP contribution in [-0.4, -0.2) is 36.4 Å². The number of rotatable bonds is 3. The van der Waals surface area contributed by atoms with Crippen molar-refractivity contribution in [1.29, 1.82) is 0 Å². The number of nitrogens with zero attached hydrogens (tertiary/aromatic N) is 2. The highest BCUT2D eigenvalue weighted by atomic mass is 79.9. The van der Waals surface area contributed by atoms with Crippen LogP contribution in [0.25, 0.3) is 0 Å². The van der Waals surface area contributed by atoms with E-state index in [0.29, 0.717) is 17.0 Å². The summed E-state index contributed by atoms with van der Waals surface area (Å²) in [5, 5.41) is 8.19. The van der Waals surface area contributed by atoms with Crippen molar-refractivity contribution < 1.29 is 18.7 Å². The van der Waals surface area contributed by atoms with Gasteiger partial charge in [-0.2, -0.15) is 5.10 Å². The van der Waals surface area contributed by atoms with Gasteiger partial charge < -0.3 is 10.1 Å². The van der Waals surface area contributed by atoms with Crippen LogP contribution in [0, 0.1) is 11.2 Å². The van der Waals surface area contributed by atoms with Crippen molar-refractivity contribution in [3.63, 3.8) is 0 Å². The second-order valence-corrected chi connectivity index (χ2v) is 7.19. The SMILES string of the molecule is COC(=O)C1(C)CN(C(=O)Nc2ccc(F)cc2)N=C1c1ccc(Br)cc1. The summed E-state index contributed by atoms with van der Waals surface area (Å²) in [5.74, 6) is -0.885. The van der Waals surface area contributed by atoms with Crippen LogP contribution < -0.4 is 5.32 Å². The molecule has 1 N–H and O–H groups in total.